The maximum Gasteiger partial charge on any atom is 0.343 e. The maximum atomic E-state index is 12.7. The van der Waals surface area contributed by atoms with Crippen molar-refractivity contribution in [3.63, 3.8) is 0 Å². The third-order valence-corrected chi connectivity index (χ3v) is 5.51. The summed E-state index contributed by atoms with van der Waals surface area (Å²) in [5.74, 6) is -1.34. The topological polar surface area (TPSA) is 152 Å². The molecule has 2 aromatic carbocycles. The van der Waals surface area contributed by atoms with Gasteiger partial charge in [0.1, 0.15) is 0 Å². The fraction of sp³-hybridized carbons (Fsp3) is 0. The summed E-state index contributed by atoms with van der Waals surface area (Å²) in [4.78, 5) is 37.5. The Morgan fingerprint density at radius 3 is 2.46 bits per heavy atom. The van der Waals surface area contributed by atoms with Crippen LogP contribution in [0.5, 0.6) is 0 Å². The summed E-state index contributed by atoms with van der Waals surface area (Å²) in [6, 6.07) is 6.77. The third-order valence-electron chi connectivity index (χ3n) is 3.61. The van der Waals surface area contributed by atoms with Crippen molar-refractivity contribution in [1.82, 2.24) is 8.96 Å². The lowest BCUT2D eigenvalue weighted by atomic mass is 10.2. The van der Waals surface area contributed by atoms with Crippen molar-refractivity contribution in [2.24, 2.45) is 0 Å². The Kier molecular flexibility index (Phi) is 4.09. The summed E-state index contributed by atoms with van der Waals surface area (Å²) >= 11 is 5.80. The van der Waals surface area contributed by atoms with E-state index in [1.807, 2.05) is 0 Å². The molecule has 0 atom stereocenters. The van der Waals surface area contributed by atoms with Crippen molar-refractivity contribution in [3.05, 3.63) is 67.8 Å². The number of benzene rings is 2. The van der Waals surface area contributed by atoms with Crippen LogP contribution >= 0.6 is 11.6 Å². The number of hydrogen-bond acceptors (Lipinski definition) is 6. The number of rotatable bonds is 3. The largest absolute Gasteiger partial charge is 0.478 e. The molecule has 134 valence electrons. The van der Waals surface area contributed by atoms with E-state index in [9.17, 15) is 22.8 Å². The molecule has 1 aromatic heterocycles. The van der Waals surface area contributed by atoms with Crippen molar-refractivity contribution < 1.29 is 18.3 Å². The zero-order valence-corrected chi connectivity index (χ0v) is 14.3. The molecule has 9 nitrogen and oxygen atoms in total. The number of anilines is 1. The molecule has 11 heteroatoms. The lowest BCUT2D eigenvalue weighted by Gasteiger charge is -2.09. The fourth-order valence-electron chi connectivity index (χ4n) is 2.39. The van der Waals surface area contributed by atoms with Gasteiger partial charge in [0.05, 0.1) is 21.4 Å². The first-order valence-electron chi connectivity index (χ1n) is 6.96. The monoisotopic (exact) mass is 395 g/mol. The van der Waals surface area contributed by atoms with Gasteiger partial charge in [-0.05, 0) is 36.4 Å². The minimum atomic E-state index is -4.61. The third kappa shape index (κ3) is 2.74. The van der Waals surface area contributed by atoms with E-state index in [-0.39, 0.29) is 31.1 Å². The highest BCUT2D eigenvalue weighted by Crippen LogP contribution is 2.20. The van der Waals surface area contributed by atoms with Crippen LogP contribution in [0.4, 0.5) is 5.69 Å². The highest BCUT2D eigenvalue weighted by Gasteiger charge is 2.24. The first-order valence-corrected chi connectivity index (χ1v) is 8.77. The van der Waals surface area contributed by atoms with Crippen LogP contribution in [-0.4, -0.2) is 28.5 Å². The van der Waals surface area contributed by atoms with Gasteiger partial charge in [0.25, 0.3) is 15.6 Å². The molecule has 0 fully saturated rings. The van der Waals surface area contributed by atoms with Gasteiger partial charge in [0.15, 0.2) is 0 Å². The molecule has 0 amide bonds. The minimum Gasteiger partial charge on any atom is -0.478 e. The summed E-state index contributed by atoms with van der Waals surface area (Å²) in [5, 5.41) is 9.15. The molecule has 0 aliphatic carbocycles. The van der Waals surface area contributed by atoms with Gasteiger partial charge in [0.2, 0.25) is 0 Å². The van der Waals surface area contributed by atoms with E-state index in [2.05, 4.69) is 4.98 Å². The van der Waals surface area contributed by atoms with Gasteiger partial charge in [-0.25, -0.2) is 18.0 Å². The molecule has 0 aliphatic rings. The van der Waals surface area contributed by atoms with Crippen molar-refractivity contribution in [1.29, 1.82) is 0 Å². The number of carboxylic acid groups (broad SMARTS) is 1. The molecule has 3 rings (SSSR count). The lowest BCUT2D eigenvalue weighted by molar-refractivity contribution is 0.0698. The molecule has 0 spiro atoms. The van der Waals surface area contributed by atoms with Crippen LogP contribution in [0.15, 0.2) is 50.9 Å². The molecule has 0 bridgehead atoms. The first-order chi connectivity index (χ1) is 12.1. The van der Waals surface area contributed by atoms with Crippen LogP contribution in [0.3, 0.4) is 0 Å². The zero-order valence-electron chi connectivity index (χ0n) is 12.8. The molecule has 0 aliphatic heterocycles. The van der Waals surface area contributed by atoms with Crippen molar-refractivity contribution in [2.45, 2.75) is 4.90 Å². The summed E-state index contributed by atoms with van der Waals surface area (Å²) in [5.41, 5.74) is 2.74. The molecule has 3 aromatic rings. The number of aromatic carboxylic acids is 1. The summed E-state index contributed by atoms with van der Waals surface area (Å²) in [6.45, 7) is 0. The Bertz CT molecular complexity index is 1290. The zero-order chi connectivity index (χ0) is 19.2. The number of nitrogen functional groups attached to an aromatic ring is 1. The smallest absolute Gasteiger partial charge is 0.343 e. The number of aromatic nitrogens is 2. The van der Waals surface area contributed by atoms with Gasteiger partial charge in [-0.1, -0.05) is 11.6 Å². The van der Waals surface area contributed by atoms with Gasteiger partial charge < -0.3 is 15.8 Å². The SMILES string of the molecule is Nc1cc(S(=O)(=O)n2c(=O)[nH]c3cc(Cl)ccc3c2=O)ccc1C(=O)O. The Hall–Kier alpha value is -3.11. The maximum absolute atomic E-state index is 12.7. The molecule has 26 heavy (non-hydrogen) atoms. The van der Waals surface area contributed by atoms with Crippen LogP contribution in [0.25, 0.3) is 10.9 Å². The second kappa shape index (κ2) is 6.00. The molecule has 4 N–H and O–H groups in total. The average molecular weight is 396 g/mol. The summed E-state index contributed by atoms with van der Waals surface area (Å²) < 4.78 is 25.5. The summed E-state index contributed by atoms with van der Waals surface area (Å²) in [6.07, 6.45) is 0. The Labute approximate surface area is 150 Å². The highest BCUT2D eigenvalue weighted by molar-refractivity contribution is 7.90. The molecule has 0 unspecified atom stereocenters. The van der Waals surface area contributed by atoms with E-state index in [0.29, 0.717) is 0 Å². The average Bonchev–Trinajstić information content (AvgIpc) is 2.53. The molecule has 0 saturated carbocycles. The quantitative estimate of drug-likeness (QED) is 0.556. The number of hydrogen-bond donors (Lipinski definition) is 3. The van der Waals surface area contributed by atoms with Gasteiger partial charge in [-0.3, -0.25) is 4.79 Å². The fourth-order valence-corrected chi connectivity index (χ4v) is 3.87. The first kappa shape index (κ1) is 17.7. The van der Waals surface area contributed by atoms with Crippen LogP contribution in [-0.2, 0) is 10.0 Å². The number of carboxylic acids is 1. The van der Waals surface area contributed by atoms with Crippen LogP contribution in [0, 0.1) is 0 Å². The lowest BCUT2D eigenvalue weighted by Crippen LogP contribution is -2.40. The van der Waals surface area contributed by atoms with E-state index >= 15 is 0 Å². The number of H-pyrrole nitrogens is 1. The molecule has 0 saturated heterocycles. The van der Waals surface area contributed by atoms with E-state index < -0.39 is 32.1 Å². The standard InChI is InChI=1S/C15H10ClN3O6S/c16-7-1-3-10-12(5-7)18-15(23)19(13(10)20)26(24,25)8-2-4-9(14(21)22)11(17)6-8/h1-6H,17H2,(H,18,23)(H,21,22). The predicted molar refractivity (Wildman–Crippen MR) is 94.2 cm³/mol. The number of nitrogens with two attached hydrogens (primary N) is 1. The number of nitrogens with zero attached hydrogens (tertiary/aromatic N) is 1. The Balaban J connectivity index is 2.30. The van der Waals surface area contributed by atoms with E-state index in [4.69, 9.17) is 22.4 Å². The minimum absolute atomic E-state index is 0.0540. The van der Waals surface area contributed by atoms with Crippen LogP contribution in [0.2, 0.25) is 5.02 Å². The normalized spacial score (nSPS) is 11.6. The number of aromatic amines is 1. The van der Waals surface area contributed by atoms with Gasteiger partial charge in [-0.2, -0.15) is 0 Å². The second-order valence-corrected chi connectivity index (χ2v) is 7.47. The Morgan fingerprint density at radius 2 is 1.85 bits per heavy atom. The Morgan fingerprint density at radius 1 is 1.15 bits per heavy atom. The van der Waals surface area contributed by atoms with Gasteiger partial charge in [-0.15, -0.1) is 3.97 Å². The molecular formula is C15H10ClN3O6S. The summed E-state index contributed by atoms with van der Waals surface area (Å²) in [7, 11) is -4.61. The van der Waals surface area contributed by atoms with Gasteiger partial charge in [0, 0.05) is 10.7 Å². The molecule has 1 heterocycles. The van der Waals surface area contributed by atoms with Crippen LogP contribution < -0.4 is 17.0 Å². The predicted octanol–water partition coefficient (Wildman–Crippen LogP) is 0.861. The van der Waals surface area contributed by atoms with Crippen LogP contribution in [0.1, 0.15) is 10.4 Å². The van der Waals surface area contributed by atoms with E-state index in [1.54, 1.807) is 0 Å². The second-order valence-electron chi connectivity index (χ2n) is 5.25. The molecule has 0 radical (unpaired) electrons. The number of fused-ring (bicyclic) bond motifs is 1. The number of halogens is 1. The van der Waals surface area contributed by atoms with E-state index in [0.717, 1.165) is 18.2 Å². The van der Waals surface area contributed by atoms with Gasteiger partial charge >= 0.3 is 11.7 Å². The van der Waals surface area contributed by atoms with Crippen molar-refractivity contribution in [3.8, 4) is 0 Å². The number of carbonyl (C=O) groups is 1. The highest BCUT2D eigenvalue weighted by atomic mass is 35.5. The van der Waals surface area contributed by atoms with Crippen molar-refractivity contribution in [2.75, 3.05) is 5.73 Å². The van der Waals surface area contributed by atoms with E-state index in [1.165, 1.54) is 18.2 Å². The van der Waals surface area contributed by atoms with Crippen molar-refractivity contribution >= 4 is 44.2 Å². The number of nitrogens with one attached hydrogen (secondary N) is 1. The molecular weight excluding hydrogens is 386 g/mol.